The molecule has 0 aromatic heterocycles. The number of hydrogen-bond acceptors (Lipinski definition) is 5. The van der Waals surface area contributed by atoms with Crippen LogP contribution < -0.4 is 0 Å². The van der Waals surface area contributed by atoms with Crippen LogP contribution in [0.1, 0.15) is 61.6 Å². The van der Waals surface area contributed by atoms with Crippen molar-refractivity contribution in [1.29, 1.82) is 0 Å². The molecule has 1 aromatic rings. The zero-order chi connectivity index (χ0) is 23.6. The van der Waals surface area contributed by atoms with Crippen LogP contribution in [0.5, 0.6) is 0 Å². The molecule has 6 nitrogen and oxygen atoms in total. The molecule has 5 aliphatic rings. The summed E-state index contributed by atoms with van der Waals surface area (Å²) in [4.78, 5) is 27.6. The van der Waals surface area contributed by atoms with Gasteiger partial charge in [0.05, 0.1) is 16.9 Å². The van der Waals surface area contributed by atoms with E-state index in [2.05, 4.69) is 32.0 Å². The summed E-state index contributed by atoms with van der Waals surface area (Å²) in [7, 11) is -1.46. The van der Waals surface area contributed by atoms with E-state index < -0.39 is 15.3 Å². The zero-order valence-corrected chi connectivity index (χ0v) is 20.7. The fourth-order valence-electron chi connectivity index (χ4n) is 7.58. The Hall–Kier alpha value is -1.89. The Morgan fingerprint density at radius 3 is 2.39 bits per heavy atom. The molecule has 1 amide bonds. The second-order valence-electron chi connectivity index (χ2n) is 11.5. The number of nitrogens with zero attached hydrogens (tertiary/aromatic N) is 1. The van der Waals surface area contributed by atoms with E-state index in [4.69, 9.17) is 4.74 Å². The van der Waals surface area contributed by atoms with Gasteiger partial charge in [0.2, 0.25) is 0 Å². The van der Waals surface area contributed by atoms with Crippen molar-refractivity contribution < 1.29 is 22.7 Å². The maximum Gasteiger partial charge on any atom is 0.312 e. The molecule has 4 bridgehead atoms. The molecular formula is C26H35NO5S. The predicted molar refractivity (Wildman–Crippen MR) is 125 cm³/mol. The Morgan fingerprint density at radius 2 is 1.79 bits per heavy atom. The van der Waals surface area contributed by atoms with Gasteiger partial charge in [0.1, 0.15) is 0 Å². The lowest BCUT2D eigenvalue weighted by Gasteiger charge is -2.61. The minimum atomic E-state index is -3.08. The highest BCUT2D eigenvalue weighted by Gasteiger charge is 2.61. The molecule has 5 fully saturated rings. The number of likely N-dealkylation sites (N-methyl/N-ethyl adjacent to an activating group) is 1. The highest BCUT2D eigenvalue weighted by molar-refractivity contribution is 7.91. The van der Waals surface area contributed by atoms with Crippen LogP contribution in [0.3, 0.4) is 0 Å². The molecular weight excluding hydrogens is 438 g/mol. The van der Waals surface area contributed by atoms with Crippen molar-refractivity contribution in [3.05, 3.63) is 34.9 Å². The van der Waals surface area contributed by atoms with Gasteiger partial charge in [-0.3, -0.25) is 9.59 Å². The lowest BCUT2D eigenvalue weighted by atomic mass is 9.43. The predicted octanol–water partition coefficient (Wildman–Crippen LogP) is 3.33. The van der Waals surface area contributed by atoms with Crippen LogP contribution in [0, 0.1) is 31.1 Å². The van der Waals surface area contributed by atoms with Crippen LogP contribution >= 0.6 is 0 Å². The summed E-state index contributed by atoms with van der Waals surface area (Å²) in [5.74, 6) is 0.617. The molecule has 4 saturated carbocycles. The van der Waals surface area contributed by atoms with Crippen molar-refractivity contribution in [1.82, 2.24) is 4.90 Å². The Balaban J connectivity index is 1.30. The number of amides is 1. The second-order valence-corrected chi connectivity index (χ2v) is 13.7. The van der Waals surface area contributed by atoms with Gasteiger partial charge in [-0.25, -0.2) is 8.42 Å². The number of carbonyl (C=O) groups is 2. The van der Waals surface area contributed by atoms with E-state index in [1.54, 1.807) is 7.05 Å². The van der Waals surface area contributed by atoms with Crippen LogP contribution in [-0.4, -0.2) is 56.4 Å². The lowest BCUT2D eigenvalue weighted by molar-refractivity contribution is -0.176. The first-order valence-electron chi connectivity index (χ1n) is 12.2. The maximum absolute atomic E-state index is 13.5. The molecule has 180 valence electrons. The number of carbonyl (C=O) groups excluding carboxylic acids is 2. The topological polar surface area (TPSA) is 80.8 Å². The Bertz CT molecular complexity index is 1080. The van der Waals surface area contributed by atoms with Crippen molar-refractivity contribution in [3.63, 3.8) is 0 Å². The molecule has 7 heteroatoms. The third-order valence-electron chi connectivity index (χ3n) is 9.09. The first-order valence-corrected chi connectivity index (χ1v) is 14.0. The summed E-state index contributed by atoms with van der Waals surface area (Å²) in [5.41, 5.74) is 3.46. The molecule has 1 saturated heterocycles. The minimum Gasteiger partial charge on any atom is -0.455 e. The molecule has 33 heavy (non-hydrogen) atoms. The lowest BCUT2D eigenvalue weighted by Crippen LogP contribution is -2.57. The third kappa shape index (κ3) is 4.00. The fourth-order valence-corrected chi connectivity index (χ4v) is 9.35. The van der Waals surface area contributed by atoms with Crippen molar-refractivity contribution in [2.24, 2.45) is 17.3 Å². The third-order valence-corrected chi connectivity index (χ3v) is 10.8. The van der Waals surface area contributed by atoms with Crippen molar-refractivity contribution in [2.75, 3.05) is 25.2 Å². The second kappa shape index (κ2) is 7.82. The molecule has 1 aliphatic heterocycles. The van der Waals surface area contributed by atoms with Crippen molar-refractivity contribution in [2.45, 2.75) is 70.3 Å². The Labute approximate surface area is 197 Å². The monoisotopic (exact) mass is 473 g/mol. The minimum absolute atomic E-state index is 0.00499. The molecule has 1 aromatic carbocycles. The summed E-state index contributed by atoms with van der Waals surface area (Å²) in [6.07, 6.45) is 6.44. The number of hydrogen-bond donors (Lipinski definition) is 0. The fraction of sp³-hybridized carbons (Fsp3) is 0.692. The zero-order valence-electron chi connectivity index (χ0n) is 19.9. The largest absolute Gasteiger partial charge is 0.455 e. The number of ether oxygens (including phenoxy) is 1. The normalized spacial score (nSPS) is 36.0. The molecule has 0 spiro atoms. The van der Waals surface area contributed by atoms with Crippen molar-refractivity contribution in [3.8, 4) is 0 Å². The van der Waals surface area contributed by atoms with E-state index in [1.165, 1.54) is 28.0 Å². The summed E-state index contributed by atoms with van der Waals surface area (Å²) in [6, 6.07) is 6.44. The highest BCUT2D eigenvalue weighted by Crippen LogP contribution is 2.66. The number of sulfone groups is 1. The quantitative estimate of drug-likeness (QED) is 0.613. The van der Waals surface area contributed by atoms with Crippen LogP contribution in [-0.2, 0) is 29.6 Å². The first-order chi connectivity index (χ1) is 15.5. The molecule has 0 radical (unpaired) electrons. The molecule has 0 unspecified atom stereocenters. The molecule has 3 atom stereocenters. The van der Waals surface area contributed by atoms with E-state index >= 15 is 0 Å². The van der Waals surface area contributed by atoms with E-state index in [0.29, 0.717) is 18.3 Å². The first kappa shape index (κ1) is 22.9. The molecule has 0 N–H and O–H groups in total. The van der Waals surface area contributed by atoms with Gasteiger partial charge in [0.15, 0.2) is 16.4 Å². The highest BCUT2D eigenvalue weighted by atomic mass is 32.2. The SMILES string of the molecule is Cc1ccc(C23C[C@H]4C[C@@H](CC(C(=O)OCC(=O)N(C)[C@H]5CCS(=O)(=O)C5)(C4)C2)C3)cc1C. The summed E-state index contributed by atoms with van der Waals surface area (Å²) < 4.78 is 29.2. The Morgan fingerprint density at radius 1 is 1.09 bits per heavy atom. The summed E-state index contributed by atoms with van der Waals surface area (Å²) in [5, 5.41) is 0. The van der Waals surface area contributed by atoms with Crippen LogP contribution in [0.4, 0.5) is 0 Å². The average molecular weight is 474 g/mol. The number of benzene rings is 1. The van der Waals surface area contributed by atoms with Gasteiger partial charge in [-0.1, -0.05) is 18.2 Å². The van der Waals surface area contributed by atoms with Gasteiger partial charge in [-0.15, -0.1) is 0 Å². The smallest absolute Gasteiger partial charge is 0.312 e. The Kier molecular flexibility index (Phi) is 5.42. The van der Waals surface area contributed by atoms with Gasteiger partial charge in [-0.05, 0) is 92.7 Å². The maximum atomic E-state index is 13.5. The van der Waals surface area contributed by atoms with E-state index in [1.807, 2.05) is 0 Å². The van der Waals surface area contributed by atoms with Gasteiger partial charge in [0, 0.05) is 13.1 Å². The number of rotatable bonds is 5. The van der Waals surface area contributed by atoms with Crippen LogP contribution in [0.15, 0.2) is 18.2 Å². The molecule has 4 aliphatic carbocycles. The average Bonchev–Trinajstić information content (AvgIpc) is 3.11. The summed E-state index contributed by atoms with van der Waals surface area (Å²) in [6.45, 7) is 3.98. The van der Waals surface area contributed by atoms with Gasteiger partial charge >= 0.3 is 5.97 Å². The van der Waals surface area contributed by atoms with Crippen molar-refractivity contribution >= 4 is 21.7 Å². The van der Waals surface area contributed by atoms with Crippen LogP contribution in [0.25, 0.3) is 0 Å². The number of aryl methyl sites for hydroxylation is 2. The van der Waals surface area contributed by atoms with Gasteiger partial charge in [-0.2, -0.15) is 0 Å². The number of esters is 1. The van der Waals surface area contributed by atoms with E-state index in [-0.39, 0.29) is 41.4 Å². The molecule has 1 heterocycles. The molecule has 6 rings (SSSR count). The van der Waals surface area contributed by atoms with E-state index in [9.17, 15) is 18.0 Å². The standard InChI is InChI=1S/C26H35NO5S/c1-17-4-5-21(8-18(17)2)25-10-19-9-20(11-25)13-26(12-19,16-25)24(29)32-14-23(28)27(3)22-6-7-33(30,31)15-22/h4-5,8,19-20,22H,6-7,9-16H2,1-3H3/t19-,20-,22+,25?,26?/m1/s1. The summed E-state index contributed by atoms with van der Waals surface area (Å²) >= 11 is 0. The van der Waals surface area contributed by atoms with Gasteiger partial charge in [0.25, 0.3) is 5.91 Å². The van der Waals surface area contributed by atoms with Crippen LogP contribution in [0.2, 0.25) is 0 Å². The van der Waals surface area contributed by atoms with Gasteiger partial charge < -0.3 is 9.64 Å². The van der Waals surface area contributed by atoms with E-state index in [0.717, 1.165) is 32.1 Å².